The van der Waals surface area contributed by atoms with Gasteiger partial charge < -0.3 is 5.11 Å². The van der Waals surface area contributed by atoms with Gasteiger partial charge in [-0.15, -0.1) is 10.2 Å². The number of halogens is 1. The summed E-state index contributed by atoms with van der Waals surface area (Å²) in [5.41, 5.74) is 0.528. The van der Waals surface area contributed by atoms with E-state index in [1.807, 2.05) is 12.1 Å². The maximum atomic E-state index is 11.9. The van der Waals surface area contributed by atoms with Gasteiger partial charge in [0.25, 0.3) is 5.91 Å². The maximum Gasteiger partial charge on any atom is 0.313 e. The number of carbonyl (C=O) groups excluding carboxylic acids is 1. The number of carbonyl (C=O) groups is 2. The van der Waals surface area contributed by atoms with Gasteiger partial charge >= 0.3 is 5.97 Å². The molecule has 0 atom stereocenters. The van der Waals surface area contributed by atoms with E-state index in [0.717, 1.165) is 26.7 Å². The molecule has 2 aromatic rings. The maximum absolute atomic E-state index is 11.9. The smallest absolute Gasteiger partial charge is 0.313 e. The Balaban J connectivity index is 1.97. The predicted molar refractivity (Wildman–Crippen MR) is 85.4 cm³/mol. The Morgan fingerprint density at radius 1 is 1.30 bits per heavy atom. The van der Waals surface area contributed by atoms with E-state index in [0.29, 0.717) is 15.0 Å². The van der Waals surface area contributed by atoms with Crippen molar-refractivity contribution in [1.82, 2.24) is 10.2 Å². The molecular weight excluding hydrogens is 413 g/mol. The van der Waals surface area contributed by atoms with E-state index in [1.165, 1.54) is 0 Å². The summed E-state index contributed by atoms with van der Waals surface area (Å²) in [4.78, 5) is 22.4. The molecule has 20 heavy (non-hydrogen) atoms. The number of nitrogens with zero attached hydrogens (tertiary/aromatic N) is 2. The lowest BCUT2D eigenvalue weighted by atomic mass is 10.2. The molecule has 0 spiro atoms. The van der Waals surface area contributed by atoms with E-state index >= 15 is 0 Å². The topological polar surface area (TPSA) is 92.2 Å². The molecule has 0 saturated carbocycles. The zero-order valence-corrected chi connectivity index (χ0v) is 13.7. The molecule has 0 saturated heterocycles. The normalized spacial score (nSPS) is 10.2. The second kappa shape index (κ2) is 6.99. The van der Waals surface area contributed by atoms with Crippen LogP contribution in [0.15, 0.2) is 28.6 Å². The monoisotopic (exact) mass is 421 g/mol. The summed E-state index contributed by atoms with van der Waals surface area (Å²) in [6.45, 7) is 0. The number of amides is 1. The van der Waals surface area contributed by atoms with Gasteiger partial charge in [0.05, 0.1) is 5.75 Å². The molecule has 9 heteroatoms. The summed E-state index contributed by atoms with van der Waals surface area (Å²) in [5.74, 6) is -1.28. The summed E-state index contributed by atoms with van der Waals surface area (Å²) in [7, 11) is 0. The SMILES string of the molecule is O=C(O)CSc1nnc(NC(=O)c2ccc(I)cc2)s1. The Morgan fingerprint density at radius 3 is 2.65 bits per heavy atom. The van der Waals surface area contributed by atoms with Gasteiger partial charge in [0.2, 0.25) is 5.13 Å². The average molecular weight is 421 g/mol. The van der Waals surface area contributed by atoms with Crippen LogP contribution in [0.2, 0.25) is 0 Å². The molecule has 6 nitrogen and oxygen atoms in total. The lowest BCUT2D eigenvalue weighted by molar-refractivity contribution is -0.133. The molecule has 0 radical (unpaired) electrons. The van der Waals surface area contributed by atoms with Crippen molar-refractivity contribution in [3.05, 3.63) is 33.4 Å². The number of carboxylic acids is 1. The molecule has 2 rings (SSSR count). The number of benzene rings is 1. The fraction of sp³-hybridized carbons (Fsp3) is 0.0909. The van der Waals surface area contributed by atoms with Gasteiger partial charge in [-0.25, -0.2) is 0 Å². The molecular formula is C11H8IN3O3S2. The second-order valence-electron chi connectivity index (χ2n) is 3.52. The van der Waals surface area contributed by atoms with Gasteiger partial charge in [0.15, 0.2) is 4.34 Å². The first-order valence-corrected chi connectivity index (χ1v) is 8.17. The second-order valence-corrected chi connectivity index (χ2v) is 6.96. The molecule has 0 aliphatic heterocycles. The number of rotatable bonds is 5. The molecule has 104 valence electrons. The number of nitrogens with one attached hydrogen (secondary N) is 1. The molecule has 0 bridgehead atoms. The Labute approximate surface area is 136 Å². The van der Waals surface area contributed by atoms with Crippen LogP contribution >= 0.6 is 45.7 Å². The third-order valence-corrected chi connectivity index (χ3v) is 4.73. The Bertz CT molecular complexity index is 630. The van der Waals surface area contributed by atoms with Crippen LogP contribution in [0.3, 0.4) is 0 Å². The zero-order chi connectivity index (χ0) is 14.5. The number of aromatic nitrogens is 2. The summed E-state index contributed by atoms with van der Waals surface area (Å²) in [6.07, 6.45) is 0. The van der Waals surface area contributed by atoms with Crippen LogP contribution < -0.4 is 5.32 Å². The van der Waals surface area contributed by atoms with Crippen LogP contribution in [0.25, 0.3) is 0 Å². The molecule has 0 fully saturated rings. The fourth-order valence-corrected chi connectivity index (χ4v) is 3.04. The Morgan fingerprint density at radius 2 is 2.00 bits per heavy atom. The summed E-state index contributed by atoms with van der Waals surface area (Å²) >= 11 is 4.37. The highest BCUT2D eigenvalue weighted by Gasteiger charge is 2.11. The number of hydrogen-bond acceptors (Lipinski definition) is 6. The molecule has 0 aliphatic carbocycles. The van der Waals surface area contributed by atoms with Crippen molar-refractivity contribution in [1.29, 1.82) is 0 Å². The van der Waals surface area contributed by atoms with Gasteiger partial charge in [0.1, 0.15) is 0 Å². The number of carboxylic acid groups (broad SMARTS) is 1. The van der Waals surface area contributed by atoms with Gasteiger partial charge in [-0.1, -0.05) is 23.1 Å². The van der Waals surface area contributed by atoms with E-state index in [1.54, 1.807) is 12.1 Å². The molecule has 1 amide bonds. The van der Waals surface area contributed by atoms with Crippen LogP contribution in [0.1, 0.15) is 10.4 Å². The van der Waals surface area contributed by atoms with Crippen LogP contribution in [-0.2, 0) is 4.79 Å². The first kappa shape index (κ1) is 15.2. The minimum Gasteiger partial charge on any atom is -0.481 e. The van der Waals surface area contributed by atoms with Crippen molar-refractivity contribution < 1.29 is 14.7 Å². The van der Waals surface area contributed by atoms with Crippen LogP contribution in [0, 0.1) is 3.57 Å². The highest BCUT2D eigenvalue weighted by Crippen LogP contribution is 2.25. The average Bonchev–Trinajstić information content (AvgIpc) is 2.84. The van der Waals surface area contributed by atoms with Gasteiger partial charge in [-0.3, -0.25) is 14.9 Å². The zero-order valence-electron chi connectivity index (χ0n) is 9.87. The quantitative estimate of drug-likeness (QED) is 0.438. The third-order valence-electron chi connectivity index (χ3n) is 2.05. The van der Waals surface area contributed by atoms with Crippen molar-refractivity contribution in [3.8, 4) is 0 Å². The minimum absolute atomic E-state index is 0.0836. The van der Waals surface area contributed by atoms with Crippen LogP contribution in [0.4, 0.5) is 5.13 Å². The Kier molecular flexibility index (Phi) is 5.31. The molecule has 1 aromatic heterocycles. The number of hydrogen-bond donors (Lipinski definition) is 2. The molecule has 1 heterocycles. The lowest BCUT2D eigenvalue weighted by Crippen LogP contribution is -2.11. The number of anilines is 1. The lowest BCUT2D eigenvalue weighted by Gasteiger charge is -2.00. The predicted octanol–water partition coefficient (Wildman–Crippen LogP) is 2.57. The standard InChI is InChI=1S/C11H8IN3O3S2/c12-7-3-1-6(2-4-7)9(18)13-10-14-15-11(20-10)19-5-8(16)17/h1-4H,5H2,(H,16,17)(H,13,14,18). The minimum atomic E-state index is -0.922. The van der Waals surface area contributed by atoms with E-state index in [4.69, 9.17) is 5.11 Å². The Hall–Kier alpha value is -1.20. The van der Waals surface area contributed by atoms with Crippen molar-refractivity contribution in [2.45, 2.75) is 4.34 Å². The first-order valence-electron chi connectivity index (χ1n) is 5.29. The first-order chi connectivity index (χ1) is 9.54. The van der Waals surface area contributed by atoms with Gasteiger partial charge in [-0.2, -0.15) is 0 Å². The molecule has 0 unspecified atom stereocenters. The molecule has 2 N–H and O–H groups in total. The van der Waals surface area contributed by atoms with Crippen molar-refractivity contribution in [3.63, 3.8) is 0 Å². The number of aliphatic carboxylic acids is 1. The van der Waals surface area contributed by atoms with E-state index in [-0.39, 0.29) is 11.7 Å². The van der Waals surface area contributed by atoms with E-state index in [9.17, 15) is 9.59 Å². The summed E-state index contributed by atoms with van der Waals surface area (Å²) in [5, 5.41) is 19.1. The van der Waals surface area contributed by atoms with Gasteiger partial charge in [-0.05, 0) is 46.9 Å². The summed E-state index contributed by atoms with van der Waals surface area (Å²) in [6, 6.07) is 7.11. The molecule has 1 aromatic carbocycles. The van der Waals surface area contributed by atoms with Gasteiger partial charge in [0, 0.05) is 9.13 Å². The van der Waals surface area contributed by atoms with Crippen molar-refractivity contribution in [2.75, 3.05) is 11.1 Å². The van der Waals surface area contributed by atoms with Crippen LogP contribution in [-0.4, -0.2) is 32.9 Å². The van der Waals surface area contributed by atoms with Crippen LogP contribution in [0.5, 0.6) is 0 Å². The third kappa shape index (κ3) is 4.42. The van der Waals surface area contributed by atoms with Crippen molar-refractivity contribution >= 4 is 62.7 Å². The number of thioether (sulfide) groups is 1. The highest BCUT2D eigenvalue weighted by atomic mass is 127. The highest BCUT2D eigenvalue weighted by molar-refractivity contribution is 14.1. The van der Waals surface area contributed by atoms with Crippen molar-refractivity contribution in [2.24, 2.45) is 0 Å². The van der Waals surface area contributed by atoms with E-state index < -0.39 is 5.97 Å². The fourth-order valence-electron chi connectivity index (χ4n) is 1.21. The summed E-state index contributed by atoms with van der Waals surface area (Å²) < 4.78 is 1.55. The largest absolute Gasteiger partial charge is 0.481 e. The molecule has 0 aliphatic rings. The van der Waals surface area contributed by atoms with E-state index in [2.05, 4.69) is 38.1 Å².